The van der Waals surface area contributed by atoms with E-state index >= 15 is 0 Å². The van der Waals surface area contributed by atoms with Gasteiger partial charge in [-0.1, -0.05) is 18.9 Å². The molecule has 2 aliphatic heterocycles. The Balaban J connectivity index is 1.27. The lowest BCUT2D eigenvalue weighted by molar-refractivity contribution is -0.117. The van der Waals surface area contributed by atoms with Gasteiger partial charge in [0.05, 0.1) is 6.61 Å². The van der Waals surface area contributed by atoms with Crippen LogP contribution in [0.25, 0.3) is 0 Å². The molecule has 2 saturated heterocycles. The molecule has 1 saturated carbocycles. The lowest BCUT2D eigenvalue weighted by Crippen LogP contribution is -2.49. The van der Waals surface area contributed by atoms with Crippen LogP contribution in [-0.2, 0) is 9.53 Å². The number of piperidine rings is 2. The fraction of sp³-hybridized carbons (Fsp3) is 0.720. The standard InChI is InChI=1S/C25H39N3O2/c1-30-19-21-8-5-13-28(18-21)23-11-14-27(15-12-23)24-10-4-9-22(17-24)26-25(29)16-20-6-2-3-7-20/h4,9-10,17,20-21,23H,2-3,5-8,11-16,18-19H2,1H3,(H,26,29)/t21-/m1/s1. The zero-order valence-corrected chi connectivity index (χ0v) is 18.7. The smallest absolute Gasteiger partial charge is 0.224 e. The molecule has 0 aromatic heterocycles. The van der Waals surface area contributed by atoms with E-state index in [2.05, 4.69) is 33.3 Å². The number of amides is 1. The normalized spacial score (nSPS) is 24.3. The Morgan fingerprint density at radius 2 is 1.80 bits per heavy atom. The molecule has 4 rings (SSSR count). The van der Waals surface area contributed by atoms with Gasteiger partial charge in [-0.2, -0.15) is 0 Å². The first-order valence-corrected chi connectivity index (χ1v) is 12.1. The maximum absolute atomic E-state index is 12.4. The van der Waals surface area contributed by atoms with Gasteiger partial charge in [0.1, 0.15) is 0 Å². The minimum absolute atomic E-state index is 0.175. The van der Waals surface area contributed by atoms with Gasteiger partial charge < -0.3 is 15.0 Å². The fourth-order valence-corrected chi connectivity index (χ4v) is 5.76. The van der Waals surface area contributed by atoms with Crippen molar-refractivity contribution in [1.82, 2.24) is 4.90 Å². The van der Waals surface area contributed by atoms with Gasteiger partial charge in [-0.15, -0.1) is 0 Å². The van der Waals surface area contributed by atoms with E-state index in [1.807, 2.05) is 13.2 Å². The van der Waals surface area contributed by atoms with E-state index in [-0.39, 0.29) is 5.91 Å². The highest BCUT2D eigenvalue weighted by molar-refractivity contribution is 5.91. The van der Waals surface area contributed by atoms with Gasteiger partial charge in [0.25, 0.3) is 0 Å². The summed E-state index contributed by atoms with van der Waals surface area (Å²) in [5.41, 5.74) is 2.18. The molecule has 0 bridgehead atoms. The topological polar surface area (TPSA) is 44.8 Å². The van der Waals surface area contributed by atoms with E-state index in [1.54, 1.807) is 0 Å². The quantitative estimate of drug-likeness (QED) is 0.713. The Morgan fingerprint density at radius 1 is 1.03 bits per heavy atom. The number of carbonyl (C=O) groups is 1. The average molecular weight is 414 g/mol. The van der Waals surface area contributed by atoms with Crippen LogP contribution in [0.2, 0.25) is 0 Å². The summed E-state index contributed by atoms with van der Waals surface area (Å²) in [5, 5.41) is 3.14. The summed E-state index contributed by atoms with van der Waals surface area (Å²) in [6.45, 7) is 5.52. The summed E-state index contributed by atoms with van der Waals surface area (Å²) in [7, 11) is 1.82. The molecular formula is C25H39N3O2. The van der Waals surface area contributed by atoms with Crippen LogP contribution in [0.1, 0.15) is 57.8 Å². The van der Waals surface area contributed by atoms with Gasteiger partial charge in [-0.05, 0) is 75.1 Å². The molecule has 0 spiro atoms. The van der Waals surface area contributed by atoms with Crippen molar-refractivity contribution in [3.05, 3.63) is 24.3 Å². The SMILES string of the molecule is COC[C@@H]1CCCN(C2CCN(c3cccc(NC(=O)CC4CCCC4)c3)CC2)C1. The number of methoxy groups -OCH3 is 1. The average Bonchev–Trinajstić information content (AvgIpc) is 3.27. The summed E-state index contributed by atoms with van der Waals surface area (Å²) in [6.07, 6.45) is 10.7. The van der Waals surface area contributed by atoms with Crippen molar-refractivity contribution in [2.24, 2.45) is 11.8 Å². The maximum Gasteiger partial charge on any atom is 0.224 e. The molecule has 2 heterocycles. The molecule has 1 amide bonds. The van der Waals surface area contributed by atoms with E-state index in [4.69, 9.17) is 4.74 Å². The largest absolute Gasteiger partial charge is 0.384 e. The number of ether oxygens (including phenoxy) is 1. The Labute approximate surface area is 182 Å². The first-order chi connectivity index (χ1) is 14.7. The van der Waals surface area contributed by atoms with E-state index in [0.29, 0.717) is 24.3 Å². The highest BCUT2D eigenvalue weighted by atomic mass is 16.5. The van der Waals surface area contributed by atoms with Crippen LogP contribution in [0, 0.1) is 11.8 Å². The molecule has 1 N–H and O–H groups in total. The summed E-state index contributed by atoms with van der Waals surface area (Å²) in [5.74, 6) is 1.46. The second kappa shape index (κ2) is 10.6. The van der Waals surface area contributed by atoms with Crippen molar-refractivity contribution in [1.29, 1.82) is 0 Å². The fourth-order valence-electron chi connectivity index (χ4n) is 5.76. The van der Waals surface area contributed by atoms with Crippen molar-refractivity contribution < 1.29 is 9.53 Å². The van der Waals surface area contributed by atoms with Crippen molar-refractivity contribution in [2.75, 3.05) is 50.1 Å². The third-order valence-corrected chi connectivity index (χ3v) is 7.38. The highest BCUT2D eigenvalue weighted by Gasteiger charge is 2.29. The Kier molecular flexibility index (Phi) is 7.67. The maximum atomic E-state index is 12.4. The van der Waals surface area contributed by atoms with E-state index < -0.39 is 0 Å². The number of benzene rings is 1. The van der Waals surface area contributed by atoms with Gasteiger partial charge >= 0.3 is 0 Å². The molecule has 3 fully saturated rings. The van der Waals surface area contributed by atoms with Crippen LogP contribution in [0.4, 0.5) is 11.4 Å². The molecule has 30 heavy (non-hydrogen) atoms. The third kappa shape index (κ3) is 5.76. The molecular weight excluding hydrogens is 374 g/mol. The summed E-state index contributed by atoms with van der Waals surface area (Å²) in [6, 6.07) is 9.14. The number of likely N-dealkylation sites (tertiary alicyclic amines) is 1. The van der Waals surface area contributed by atoms with Gasteiger partial charge in [-0.25, -0.2) is 0 Å². The second-order valence-corrected chi connectivity index (χ2v) is 9.63. The first-order valence-electron chi connectivity index (χ1n) is 12.1. The Hall–Kier alpha value is -1.59. The van der Waals surface area contributed by atoms with Crippen molar-refractivity contribution in [3.8, 4) is 0 Å². The number of nitrogens with zero attached hydrogens (tertiary/aromatic N) is 2. The molecule has 1 aromatic rings. The number of carbonyl (C=O) groups excluding carboxylic acids is 1. The molecule has 5 heteroatoms. The van der Waals surface area contributed by atoms with Gasteiger partial charge in [0.15, 0.2) is 0 Å². The number of rotatable bonds is 7. The molecule has 166 valence electrons. The summed E-state index contributed by atoms with van der Waals surface area (Å²) < 4.78 is 5.40. The highest BCUT2D eigenvalue weighted by Crippen LogP contribution is 2.29. The first kappa shape index (κ1) is 21.6. The molecule has 1 aromatic carbocycles. The number of nitrogens with one attached hydrogen (secondary N) is 1. The molecule has 0 radical (unpaired) electrons. The van der Waals surface area contributed by atoms with E-state index in [1.165, 1.54) is 70.1 Å². The van der Waals surface area contributed by atoms with Crippen LogP contribution >= 0.6 is 0 Å². The van der Waals surface area contributed by atoms with Crippen molar-refractivity contribution in [2.45, 2.75) is 63.8 Å². The predicted molar refractivity (Wildman–Crippen MR) is 123 cm³/mol. The molecule has 1 atom stereocenters. The lowest BCUT2D eigenvalue weighted by Gasteiger charge is -2.42. The molecule has 0 unspecified atom stereocenters. The third-order valence-electron chi connectivity index (χ3n) is 7.38. The minimum atomic E-state index is 0.175. The lowest BCUT2D eigenvalue weighted by atomic mass is 9.94. The summed E-state index contributed by atoms with van der Waals surface area (Å²) in [4.78, 5) is 17.6. The van der Waals surface area contributed by atoms with Crippen LogP contribution < -0.4 is 10.2 Å². The van der Waals surface area contributed by atoms with Gasteiger partial charge in [-0.3, -0.25) is 9.69 Å². The van der Waals surface area contributed by atoms with Crippen molar-refractivity contribution in [3.63, 3.8) is 0 Å². The Morgan fingerprint density at radius 3 is 2.57 bits per heavy atom. The number of hydrogen-bond acceptors (Lipinski definition) is 4. The van der Waals surface area contributed by atoms with Crippen LogP contribution in [-0.4, -0.2) is 56.7 Å². The van der Waals surface area contributed by atoms with Crippen molar-refractivity contribution >= 4 is 17.3 Å². The van der Waals surface area contributed by atoms with E-state index in [9.17, 15) is 4.79 Å². The van der Waals surface area contributed by atoms with Gasteiger partial charge in [0, 0.05) is 50.6 Å². The zero-order valence-electron chi connectivity index (χ0n) is 18.7. The molecule has 1 aliphatic carbocycles. The summed E-state index contributed by atoms with van der Waals surface area (Å²) >= 11 is 0. The second-order valence-electron chi connectivity index (χ2n) is 9.63. The predicted octanol–water partition coefficient (Wildman–Crippen LogP) is 4.53. The monoisotopic (exact) mass is 413 g/mol. The number of hydrogen-bond donors (Lipinski definition) is 1. The molecule has 5 nitrogen and oxygen atoms in total. The number of anilines is 2. The van der Waals surface area contributed by atoms with E-state index in [0.717, 1.165) is 25.4 Å². The molecule has 3 aliphatic rings. The van der Waals surface area contributed by atoms with Crippen LogP contribution in [0.15, 0.2) is 24.3 Å². The van der Waals surface area contributed by atoms with Crippen LogP contribution in [0.3, 0.4) is 0 Å². The zero-order chi connectivity index (χ0) is 20.8. The van der Waals surface area contributed by atoms with Crippen LogP contribution in [0.5, 0.6) is 0 Å². The Bertz CT molecular complexity index is 679. The van der Waals surface area contributed by atoms with Gasteiger partial charge in [0.2, 0.25) is 5.91 Å². The minimum Gasteiger partial charge on any atom is -0.384 e.